The second-order valence-electron chi connectivity index (χ2n) is 12.6. The number of hydrogen-bond donors (Lipinski definition) is 1. The lowest BCUT2D eigenvalue weighted by Crippen LogP contribution is -2.60. The third-order valence-electron chi connectivity index (χ3n) is 10.5. The maximum Gasteiger partial charge on any atom is 0.258 e. The molecule has 2 aliphatic heterocycles. The van der Waals surface area contributed by atoms with Gasteiger partial charge in [-0.3, -0.25) is 24.1 Å². The minimum absolute atomic E-state index is 0.0112. The van der Waals surface area contributed by atoms with Crippen molar-refractivity contribution in [2.24, 2.45) is 17.8 Å². The van der Waals surface area contributed by atoms with E-state index in [9.17, 15) is 28.7 Å². The Kier molecular flexibility index (Phi) is 7.26. The molecule has 2 aromatic rings. The molecule has 0 radical (unpaired) electrons. The Hall–Kier alpha value is -3.14. The average Bonchev–Trinajstić information content (AvgIpc) is 3.37. The lowest BCUT2D eigenvalue weighted by atomic mass is 9.56. The first-order chi connectivity index (χ1) is 21.4. The van der Waals surface area contributed by atoms with Crippen LogP contribution < -0.4 is 9.64 Å². The summed E-state index contributed by atoms with van der Waals surface area (Å²) in [5, 5.41) is 10.4. The molecule has 0 spiro atoms. The van der Waals surface area contributed by atoms with E-state index in [1.54, 1.807) is 0 Å². The molecule has 2 saturated heterocycles. The molecule has 3 aliphatic carbocycles. The number of carbonyl (C=O) groups is 4. The van der Waals surface area contributed by atoms with Crippen LogP contribution in [0.25, 0.3) is 0 Å². The van der Waals surface area contributed by atoms with Crippen molar-refractivity contribution in [3.8, 4) is 11.5 Å². The number of imide groups is 2. The normalized spacial score (nSPS) is 33.2. The Morgan fingerprint density at radius 2 is 1.64 bits per heavy atom. The van der Waals surface area contributed by atoms with Crippen molar-refractivity contribution in [1.82, 2.24) is 4.90 Å². The zero-order chi connectivity index (χ0) is 32.0. The number of rotatable bonds is 4. The fourth-order valence-electron chi connectivity index (χ4n) is 8.41. The van der Waals surface area contributed by atoms with Crippen LogP contribution in [0.5, 0.6) is 11.5 Å². The van der Waals surface area contributed by atoms with Crippen molar-refractivity contribution >= 4 is 64.1 Å². The highest BCUT2D eigenvalue weighted by Gasteiger charge is 2.76. The number of halogens is 4. The number of allylic oxidation sites excluding steroid dienone is 2. The third-order valence-corrected chi connectivity index (χ3v) is 12.2. The summed E-state index contributed by atoms with van der Waals surface area (Å²) < 4.78 is 19.2. The summed E-state index contributed by atoms with van der Waals surface area (Å²) in [5.74, 6) is -6.23. The highest BCUT2D eigenvalue weighted by molar-refractivity contribution is 6.58. The molecule has 4 amide bonds. The van der Waals surface area contributed by atoms with Crippen molar-refractivity contribution < 1.29 is 33.4 Å². The zero-order valence-corrected chi connectivity index (χ0v) is 26.5. The van der Waals surface area contributed by atoms with Gasteiger partial charge < -0.3 is 9.84 Å². The Morgan fingerprint density at radius 1 is 0.956 bits per heavy atom. The van der Waals surface area contributed by atoms with Gasteiger partial charge in [-0.15, -0.1) is 23.2 Å². The summed E-state index contributed by atoms with van der Waals surface area (Å²) >= 11 is 21.2. The number of phenolic OH excluding ortho intramolecular Hbond substituents is 1. The number of hydrogen-bond acceptors (Lipinski definition) is 6. The van der Waals surface area contributed by atoms with E-state index < -0.39 is 51.1 Å². The van der Waals surface area contributed by atoms with Gasteiger partial charge in [0.15, 0.2) is 21.2 Å². The van der Waals surface area contributed by atoms with E-state index in [-0.39, 0.29) is 52.9 Å². The molecule has 8 nitrogen and oxygen atoms in total. The van der Waals surface area contributed by atoms with Gasteiger partial charge in [0.05, 0.1) is 29.7 Å². The van der Waals surface area contributed by atoms with Gasteiger partial charge in [-0.2, -0.15) is 0 Å². The molecule has 2 saturated carbocycles. The molecule has 0 unspecified atom stereocenters. The fraction of sp³-hybridized carbons (Fsp3) is 0.455. The number of benzene rings is 2. The van der Waals surface area contributed by atoms with Gasteiger partial charge in [0.2, 0.25) is 11.8 Å². The molecule has 4 fully saturated rings. The van der Waals surface area contributed by atoms with Gasteiger partial charge in [0.1, 0.15) is 5.82 Å². The lowest BCUT2D eigenvalue weighted by molar-refractivity contribution is -0.143. The fourth-order valence-corrected chi connectivity index (χ4v) is 9.57. The van der Waals surface area contributed by atoms with E-state index in [0.717, 1.165) is 49.1 Å². The van der Waals surface area contributed by atoms with Gasteiger partial charge in [0.25, 0.3) is 11.8 Å². The molecule has 1 N–H and O–H groups in total. The predicted molar refractivity (Wildman–Crippen MR) is 165 cm³/mol. The Morgan fingerprint density at radius 3 is 2.31 bits per heavy atom. The van der Waals surface area contributed by atoms with Crippen molar-refractivity contribution in [2.45, 2.75) is 66.7 Å². The summed E-state index contributed by atoms with van der Waals surface area (Å²) in [4.78, 5) is 54.9. The predicted octanol–water partition coefficient (Wildman–Crippen LogP) is 6.09. The van der Waals surface area contributed by atoms with Crippen molar-refractivity contribution in [3.05, 3.63) is 64.5 Å². The quantitative estimate of drug-likeness (QED) is 0.239. The van der Waals surface area contributed by atoms with Crippen LogP contribution in [0.3, 0.4) is 0 Å². The number of anilines is 1. The number of alkyl halides is 2. The number of ether oxygens (including phenoxy) is 1. The molecule has 45 heavy (non-hydrogen) atoms. The number of aromatic hydroxyl groups is 1. The molecule has 12 heteroatoms. The Bertz CT molecular complexity index is 1680. The van der Waals surface area contributed by atoms with Gasteiger partial charge in [-0.1, -0.05) is 42.5 Å². The van der Waals surface area contributed by atoms with E-state index in [1.165, 1.54) is 36.3 Å². The largest absolute Gasteiger partial charge is 0.503 e. The second kappa shape index (κ2) is 10.7. The maximum absolute atomic E-state index is 14.5. The van der Waals surface area contributed by atoms with Crippen LogP contribution in [0.15, 0.2) is 48.0 Å². The van der Waals surface area contributed by atoms with Gasteiger partial charge >= 0.3 is 0 Å². The third kappa shape index (κ3) is 4.16. The van der Waals surface area contributed by atoms with Crippen molar-refractivity contribution in [2.75, 3.05) is 12.0 Å². The molecule has 2 aromatic carbocycles. The summed E-state index contributed by atoms with van der Waals surface area (Å²) in [5.41, 5.74) is 1.03. The number of phenols is 1. The first-order valence-electron chi connectivity index (χ1n) is 15.1. The van der Waals surface area contributed by atoms with Crippen LogP contribution in [0.4, 0.5) is 10.1 Å². The van der Waals surface area contributed by atoms with Crippen LogP contribution in [0.2, 0.25) is 5.02 Å². The number of likely N-dealkylation sites (tertiary alicyclic amines) is 1. The van der Waals surface area contributed by atoms with Crippen molar-refractivity contribution in [3.63, 3.8) is 0 Å². The van der Waals surface area contributed by atoms with E-state index >= 15 is 0 Å². The standard InChI is InChI=1S/C33H30Cl3FN2O6/c1-45-24-14-16(13-23(34)27(24)40)26-20-11-12-21-25(29(42)38(28(21)41)18-5-3-2-4-6-18)22(20)15-32(35)30(43)39(31(44)33(26,32)36)19-9-7-17(37)8-10-19/h7-11,13-14,18,21-22,25-26,40H,2-6,12,15H2,1H3/t21-,22+,25-,26-,32+,33-/m0/s1. The smallest absolute Gasteiger partial charge is 0.258 e. The first-order valence-corrected chi connectivity index (χ1v) is 16.2. The molecule has 0 bridgehead atoms. The Labute approximate surface area is 274 Å². The van der Waals surface area contributed by atoms with Crippen LogP contribution in [0.1, 0.15) is 56.4 Å². The first kappa shape index (κ1) is 30.5. The van der Waals surface area contributed by atoms with E-state index in [1.807, 2.05) is 6.08 Å². The molecule has 5 aliphatic rings. The minimum atomic E-state index is -2.12. The van der Waals surface area contributed by atoms with Gasteiger partial charge in [-0.05, 0) is 73.6 Å². The molecular weight excluding hydrogens is 646 g/mol. The number of amides is 4. The second-order valence-corrected chi connectivity index (χ2v) is 14.3. The van der Waals surface area contributed by atoms with E-state index in [2.05, 4.69) is 0 Å². The van der Waals surface area contributed by atoms with Crippen LogP contribution in [0, 0.1) is 23.6 Å². The minimum Gasteiger partial charge on any atom is -0.503 e. The number of methoxy groups -OCH3 is 1. The lowest BCUT2D eigenvalue weighted by Gasteiger charge is -2.50. The summed E-state index contributed by atoms with van der Waals surface area (Å²) in [6.07, 6.45) is 6.34. The molecule has 7 rings (SSSR count). The molecule has 6 atom stereocenters. The van der Waals surface area contributed by atoms with Crippen LogP contribution in [-0.4, -0.2) is 56.5 Å². The molecule has 0 aromatic heterocycles. The maximum atomic E-state index is 14.5. The summed E-state index contributed by atoms with van der Waals surface area (Å²) in [6.45, 7) is 0. The summed E-state index contributed by atoms with van der Waals surface area (Å²) in [7, 11) is 1.34. The monoisotopic (exact) mass is 674 g/mol. The number of carbonyl (C=O) groups excluding carboxylic acids is 4. The topological polar surface area (TPSA) is 104 Å². The highest BCUT2D eigenvalue weighted by Crippen LogP contribution is 2.66. The Balaban J connectivity index is 1.40. The number of fused-ring (bicyclic) bond motifs is 4. The number of nitrogens with zero attached hydrogens (tertiary/aromatic N) is 2. The summed E-state index contributed by atoms with van der Waals surface area (Å²) in [6, 6.07) is 7.58. The molecule has 236 valence electrons. The van der Waals surface area contributed by atoms with Crippen molar-refractivity contribution in [1.29, 1.82) is 0 Å². The van der Waals surface area contributed by atoms with Gasteiger partial charge in [-0.25, -0.2) is 9.29 Å². The average molecular weight is 676 g/mol. The van der Waals surface area contributed by atoms with Crippen LogP contribution >= 0.6 is 34.8 Å². The van der Waals surface area contributed by atoms with E-state index in [0.29, 0.717) is 11.1 Å². The SMILES string of the molecule is COc1cc([C@H]2C3=CC[C@@H]4C(=O)N(C5CCCCC5)C(=O)[C@@H]4[C@@H]3C[C@@]3(Cl)C(=O)N(c4ccc(F)cc4)C(=O)[C@@]23Cl)cc(Cl)c1O. The highest BCUT2D eigenvalue weighted by atomic mass is 35.5. The van der Waals surface area contributed by atoms with Crippen LogP contribution in [-0.2, 0) is 19.2 Å². The molecule has 2 heterocycles. The zero-order valence-electron chi connectivity index (χ0n) is 24.3. The molecular formula is C33H30Cl3FN2O6. The van der Waals surface area contributed by atoms with E-state index in [4.69, 9.17) is 39.5 Å². The van der Waals surface area contributed by atoms with Gasteiger partial charge in [0, 0.05) is 12.0 Å².